The minimum atomic E-state index is -3.55. The first-order valence-corrected chi connectivity index (χ1v) is 13.1. The molecule has 0 bridgehead atoms. The van der Waals surface area contributed by atoms with Gasteiger partial charge >= 0.3 is 0 Å². The summed E-state index contributed by atoms with van der Waals surface area (Å²) in [6.07, 6.45) is 5.38. The molecule has 0 spiro atoms. The van der Waals surface area contributed by atoms with Gasteiger partial charge in [-0.2, -0.15) is 4.31 Å². The average molecular weight is 497 g/mol. The number of sulfonamides is 1. The number of aryl methyl sites for hydroxylation is 1. The Labute approximate surface area is 203 Å². The second-order valence-electron chi connectivity index (χ2n) is 8.47. The number of benzene rings is 2. The maximum Gasteiger partial charge on any atom is 0.243 e. The molecule has 0 unspecified atom stereocenters. The Morgan fingerprint density at radius 3 is 2.50 bits per heavy atom. The molecule has 1 aliphatic rings. The van der Waals surface area contributed by atoms with Crippen molar-refractivity contribution in [1.82, 2.24) is 18.8 Å². The molecule has 3 heterocycles. The number of aromatic hydroxyl groups is 1. The smallest absolute Gasteiger partial charge is 0.243 e. The SMILES string of the molecule is CCc1ccc(S(=O)(=O)N2CCC(n3c(-c4ccncc4Cl)nc4cc(O)ccc43)CC2)cc1. The number of hydrogen-bond acceptors (Lipinski definition) is 5. The van der Waals surface area contributed by atoms with Crippen molar-refractivity contribution in [3.05, 3.63) is 71.5 Å². The Kier molecular flexibility index (Phi) is 6.06. The minimum Gasteiger partial charge on any atom is -0.508 e. The van der Waals surface area contributed by atoms with Gasteiger partial charge in [0.05, 0.1) is 21.0 Å². The van der Waals surface area contributed by atoms with E-state index in [1.807, 2.05) is 31.2 Å². The van der Waals surface area contributed by atoms with Gasteiger partial charge in [-0.25, -0.2) is 13.4 Å². The van der Waals surface area contributed by atoms with E-state index in [1.165, 1.54) is 0 Å². The van der Waals surface area contributed by atoms with Gasteiger partial charge in [0, 0.05) is 43.2 Å². The molecule has 0 radical (unpaired) electrons. The first-order chi connectivity index (χ1) is 16.4. The van der Waals surface area contributed by atoms with Gasteiger partial charge < -0.3 is 9.67 Å². The first kappa shape index (κ1) is 22.8. The summed E-state index contributed by atoms with van der Waals surface area (Å²) in [6.45, 7) is 2.86. The van der Waals surface area contributed by atoms with Crippen LogP contribution in [0.1, 0.15) is 31.4 Å². The van der Waals surface area contributed by atoms with Crippen LogP contribution in [0.25, 0.3) is 22.4 Å². The summed E-state index contributed by atoms with van der Waals surface area (Å²) < 4.78 is 30.1. The highest BCUT2D eigenvalue weighted by atomic mass is 35.5. The summed E-state index contributed by atoms with van der Waals surface area (Å²) in [5, 5.41) is 10.5. The second-order valence-corrected chi connectivity index (χ2v) is 10.8. The quantitative estimate of drug-likeness (QED) is 0.418. The lowest BCUT2D eigenvalue weighted by Crippen LogP contribution is -2.39. The zero-order valence-corrected chi connectivity index (χ0v) is 20.3. The molecule has 0 amide bonds. The molecular weight excluding hydrogens is 472 g/mol. The number of hydrogen-bond donors (Lipinski definition) is 1. The minimum absolute atomic E-state index is 0.0303. The molecule has 7 nitrogen and oxygen atoms in total. The molecule has 2 aromatic carbocycles. The molecule has 4 aromatic rings. The summed E-state index contributed by atoms with van der Waals surface area (Å²) in [5.74, 6) is 0.823. The number of piperidine rings is 1. The number of phenols is 1. The molecule has 34 heavy (non-hydrogen) atoms. The number of nitrogens with zero attached hydrogens (tertiary/aromatic N) is 4. The van der Waals surface area contributed by atoms with Crippen molar-refractivity contribution in [2.24, 2.45) is 0 Å². The number of fused-ring (bicyclic) bond motifs is 1. The van der Waals surface area contributed by atoms with E-state index in [1.54, 1.807) is 41.0 Å². The van der Waals surface area contributed by atoms with Crippen molar-refractivity contribution < 1.29 is 13.5 Å². The van der Waals surface area contributed by atoms with Gasteiger partial charge in [0.15, 0.2) is 0 Å². The van der Waals surface area contributed by atoms with Crippen molar-refractivity contribution in [2.45, 2.75) is 37.1 Å². The van der Waals surface area contributed by atoms with E-state index in [4.69, 9.17) is 16.6 Å². The Morgan fingerprint density at radius 2 is 1.82 bits per heavy atom. The van der Waals surface area contributed by atoms with E-state index in [-0.39, 0.29) is 11.8 Å². The molecule has 0 saturated carbocycles. The van der Waals surface area contributed by atoms with E-state index in [2.05, 4.69) is 9.55 Å². The zero-order chi connectivity index (χ0) is 23.9. The number of phenolic OH excluding ortho intramolecular Hbond substituents is 1. The van der Waals surface area contributed by atoms with E-state index in [0.29, 0.717) is 47.2 Å². The van der Waals surface area contributed by atoms with Gasteiger partial charge in [-0.05, 0) is 55.2 Å². The molecule has 1 N–H and O–H groups in total. The second kappa shape index (κ2) is 9.02. The van der Waals surface area contributed by atoms with Gasteiger partial charge in [0.25, 0.3) is 0 Å². The summed E-state index contributed by atoms with van der Waals surface area (Å²) in [5.41, 5.74) is 3.39. The summed E-state index contributed by atoms with van der Waals surface area (Å²) >= 11 is 6.45. The fourth-order valence-corrected chi connectivity index (χ4v) is 6.26. The Morgan fingerprint density at radius 1 is 1.09 bits per heavy atom. The summed E-state index contributed by atoms with van der Waals surface area (Å²) in [6, 6.07) is 14.1. The van der Waals surface area contributed by atoms with Gasteiger partial charge in [-0.1, -0.05) is 30.7 Å². The van der Waals surface area contributed by atoms with Crippen LogP contribution in [0.2, 0.25) is 5.02 Å². The van der Waals surface area contributed by atoms with E-state index in [0.717, 1.165) is 23.1 Å². The van der Waals surface area contributed by atoms with Crippen molar-refractivity contribution in [3.8, 4) is 17.1 Å². The predicted molar refractivity (Wildman–Crippen MR) is 132 cm³/mol. The van der Waals surface area contributed by atoms with Crippen LogP contribution in [0.3, 0.4) is 0 Å². The van der Waals surface area contributed by atoms with Crippen LogP contribution in [0.15, 0.2) is 65.8 Å². The van der Waals surface area contributed by atoms with Crippen molar-refractivity contribution in [3.63, 3.8) is 0 Å². The van der Waals surface area contributed by atoms with Crippen LogP contribution in [0.4, 0.5) is 0 Å². The van der Waals surface area contributed by atoms with Crippen LogP contribution in [-0.2, 0) is 16.4 Å². The number of imidazole rings is 1. The molecule has 2 aromatic heterocycles. The van der Waals surface area contributed by atoms with Crippen LogP contribution >= 0.6 is 11.6 Å². The first-order valence-electron chi connectivity index (χ1n) is 11.3. The molecule has 5 rings (SSSR count). The largest absolute Gasteiger partial charge is 0.508 e. The topological polar surface area (TPSA) is 88.3 Å². The lowest BCUT2D eigenvalue weighted by molar-refractivity contribution is 0.278. The summed E-state index contributed by atoms with van der Waals surface area (Å²) in [4.78, 5) is 9.17. The highest BCUT2D eigenvalue weighted by Gasteiger charge is 2.32. The number of rotatable bonds is 5. The van der Waals surface area contributed by atoms with Gasteiger partial charge in [0.2, 0.25) is 10.0 Å². The maximum atomic E-state index is 13.2. The highest BCUT2D eigenvalue weighted by Crippen LogP contribution is 2.37. The van der Waals surface area contributed by atoms with Crippen LogP contribution in [0.5, 0.6) is 5.75 Å². The molecule has 9 heteroatoms. The zero-order valence-electron chi connectivity index (χ0n) is 18.7. The van der Waals surface area contributed by atoms with E-state index < -0.39 is 10.0 Å². The molecule has 0 atom stereocenters. The van der Waals surface area contributed by atoms with E-state index >= 15 is 0 Å². The Bertz CT molecular complexity index is 1440. The molecule has 1 fully saturated rings. The summed E-state index contributed by atoms with van der Waals surface area (Å²) in [7, 11) is -3.55. The number of aromatic nitrogens is 3. The lowest BCUT2D eigenvalue weighted by atomic mass is 10.1. The van der Waals surface area contributed by atoms with Crippen molar-refractivity contribution in [2.75, 3.05) is 13.1 Å². The molecular formula is C25H25ClN4O3S. The third-order valence-electron chi connectivity index (χ3n) is 6.44. The predicted octanol–water partition coefficient (Wildman–Crippen LogP) is 5.05. The van der Waals surface area contributed by atoms with Gasteiger partial charge in [0.1, 0.15) is 11.6 Å². The fourth-order valence-electron chi connectivity index (χ4n) is 4.59. The Balaban J connectivity index is 1.47. The van der Waals surface area contributed by atoms with Crippen LogP contribution in [-0.4, -0.2) is 45.5 Å². The maximum absolute atomic E-state index is 13.2. The van der Waals surface area contributed by atoms with Gasteiger partial charge in [-0.3, -0.25) is 4.98 Å². The highest BCUT2D eigenvalue weighted by molar-refractivity contribution is 7.89. The standard InChI is InChI=1S/C25H25ClN4O3S/c1-2-17-3-6-20(7-4-17)34(32,33)29-13-10-18(11-14-29)30-24-8-5-19(31)15-23(24)28-25(30)21-9-12-27-16-22(21)26/h3-9,12,15-16,18,31H,2,10-11,13-14H2,1H3. The normalized spacial score (nSPS) is 15.7. The van der Waals surface area contributed by atoms with Crippen molar-refractivity contribution in [1.29, 1.82) is 0 Å². The fraction of sp³-hybridized carbons (Fsp3) is 0.280. The third-order valence-corrected chi connectivity index (χ3v) is 8.66. The Hall–Kier alpha value is -2.94. The third kappa shape index (κ3) is 4.06. The monoisotopic (exact) mass is 496 g/mol. The molecule has 1 aliphatic heterocycles. The molecule has 176 valence electrons. The average Bonchev–Trinajstić information content (AvgIpc) is 3.22. The van der Waals surface area contributed by atoms with Crippen molar-refractivity contribution >= 4 is 32.7 Å². The lowest BCUT2D eigenvalue weighted by Gasteiger charge is -2.33. The van der Waals surface area contributed by atoms with E-state index in [9.17, 15) is 13.5 Å². The van der Waals surface area contributed by atoms with Gasteiger partial charge in [-0.15, -0.1) is 0 Å². The van der Waals surface area contributed by atoms with Crippen LogP contribution in [0, 0.1) is 0 Å². The van der Waals surface area contributed by atoms with Crippen LogP contribution < -0.4 is 0 Å². The molecule has 1 saturated heterocycles. The molecule has 0 aliphatic carbocycles. The number of pyridine rings is 1. The number of halogens is 1.